The van der Waals surface area contributed by atoms with Crippen molar-refractivity contribution in [2.24, 2.45) is 0 Å². The molecule has 0 saturated carbocycles. The lowest BCUT2D eigenvalue weighted by atomic mass is 10.1. The molecule has 1 aromatic carbocycles. The van der Waals surface area contributed by atoms with Crippen molar-refractivity contribution in [2.45, 2.75) is 13.5 Å². The molecule has 2 rings (SSSR count). The molecule has 1 heterocycles. The van der Waals surface area contributed by atoms with Crippen LogP contribution in [0.3, 0.4) is 0 Å². The van der Waals surface area contributed by atoms with E-state index in [0.717, 1.165) is 18.0 Å². The van der Waals surface area contributed by atoms with Gasteiger partial charge in [0.2, 0.25) is 5.95 Å². The lowest BCUT2D eigenvalue weighted by Gasteiger charge is -2.07. The first kappa shape index (κ1) is 14.3. The van der Waals surface area contributed by atoms with E-state index in [1.165, 1.54) is 6.07 Å². The summed E-state index contributed by atoms with van der Waals surface area (Å²) in [6.45, 7) is 1.94. The fraction of sp³-hybridized carbons (Fsp3) is 0.167. The maximum absolute atomic E-state index is 10.8. The summed E-state index contributed by atoms with van der Waals surface area (Å²) < 4.78 is 0. The van der Waals surface area contributed by atoms with Gasteiger partial charge in [0.15, 0.2) is 0 Å². The van der Waals surface area contributed by atoms with Crippen molar-refractivity contribution in [3.63, 3.8) is 0 Å². The molecule has 0 atom stereocenters. The quantitative estimate of drug-likeness (QED) is 0.660. The summed E-state index contributed by atoms with van der Waals surface area (Å²) in [6, 6.07) is 4.78. The van der Waals surface area contributed by atoms with Crippen LogP contribution in [-0.2, 0) is 6.54 Å². The molecule has 0 radical (unpaired) electrons. The molecule has 9 nitrogen and oxygen atoms in total. The molecule has 1 N–H and O–H groups in total. The molecule has 0 spiro atoms. The topological polar surface area (TPSA) is 124 Å². The number of nitrogens with one attached hydrogen (secondary N) is 1. The van der Waals surface area contributed by atoms with E-state index in [-0.39, 0.29) is 23.9 Å². The standard InChI is InChI=1S/C12H11N5O4/c1-8-9(3-2-4-11(8)17(20)21)5-13-12-14-6-10(7-15-12)16(18)19/h2-4,6-7H,5H2,1H3,(H,13,14,15). The Kier molecular flexibility index (Phi) is 4.02. The minimum atomic E-state index is -0.589. The zero-order chi connectivity index (χ0) is 15.4. The third-order valence-electron chi connectivity index (χ3n) is 2.90. The number of nitrogens with zero attached hydrogens (tertiary/aromatic N) is 4. The molecule has 0 unspecified atom stereocenters. The van der Waals surface area contributed by atoms with Crippen LogP contribution in [0.15, 0.2) is 30.6 Å². The lowest BCUT2D eigenvalue weighted by Crippen LogP contribution is -2.06. The van der Waals surface area contributed by atoms with Crippen LogP contribution in [0.2, 0.25) is 0 Å². The molecule has 0 aliphatic rings. The Morgan fingerprint density at radius 3 is 2.38 bits per heavy atom. The van der Waals surface area contributed by atoms with Crippen LogP contribution in [0.25, 0.3) is 0 Å². The van der Waals surface area contributed by atoms with E-state index in [1.807, 2.05) is 0 Å². The van der Waals surface area contributed by atoms with Gasteiger partial charge in [0, 0.05) is 18.2 Å². The van der Waals surface area contributed by atoms with Crippen LogP contribution >= 0.6 is 0 Å². The van der Waals surface area contributed by atoms with E-state index in [9.17, 15) is 20.2 Å². The summed E-state index contributed by atoms with van der Waals surface area (Å²) in [5.74, 6) is 0.214. The molecule has 9 heteroatoms. The molecular formula is C12H11N5O4. The largest absolute Gasteiger partial charge is 0.350 e. The van der Waals surface area contributed by atoms with E-state index in [2.05, 4.69) is 15.3 Å². The summed E-state index contributed by atoms with van der Waals surface area (Å²) >= 11 is 0. The Balaban J connectivity index is 2.11. The number of hydrogen-bond donors (Lipinski definition) is 1. The number of nitro groups is 2. The highest BCUT2D eigenvalue weighted by molar-refractivity contribution is 5.45. The summed E-state index contributed by atoms with van der Waals surface area (Å²) in [5, 5.41) is 24.2. The Morgan fingerprint density at radius 2 is 1.81 bits per heavy atom. The predicted octanol–water partition coefficient (Wildman–Crippen LogP) is 2.21. The van der Waals surface area contributed by atoms with Crippen molar-refractivity contribution in [1.29, 1.82) is 0 Å². The second-order valence-electron chi connectivity index (χ2n) is 4.19. The van der Waals surface area contributed by atoms with Gasteiger partial charge in [-0.05, 0) is 12.5 Å². The van der Waals surface area contributed by atoms with Gasteiger partial charge in [-0.25, -0.2) is 9.97 Å². The zero-order valence-electron chi connectivity index (χ0n) is 11.0. The van der Waals surface area contributed by atoms with Crippen LogP contribution in [0.4, 0.5) is 17.3 Å². The molecular weight excluding hydrogens is 278 g/mol. The van der Waals surface area contributed by atoms with Gasteiger partial charge >= 0.3 is 5.69 Å². The fourth-order valence-electron chi connectivity index (χ4n) is 1.74. The zero-order valence-corrected chi connectivity index (χ0v) is 11.0. The normalized spacial score (nSPS) is 10.1. The van der Waals surface area contributed by atoms with Gasteiger partial charge in [-0.2, -0.15) is 0 Å². The van der Waals surface area contributed by atoms with Crippen LogP contribution < -0.4 is 5.32 Å². The van der Waals surface area contributed by atoms with Gasteiger partial charge in [-0.15, -0.1) is 0 Å². The predicted molar refractivity (Wildman–Crippen MR) is 73.8 cm³/mol. The average molecular weight is 289 g/mol. The van der Waals surface area contributed by atoms with Gasteiger partial charge in [-0.3, -0.25) is 20.2 Å². The van der Waals surface area contributed by atoms with E-state index >= 15 is 0 Å². The highest BCUT2D eigenvalue weighted by atomic mass is 16.6. The van der Waals surface area contributed by atoms with Gasteiger partial charge < -0.3 is 5.32 Å². The monoisotopic (exact) mass is 289 g/mol. The fourth-order valence-corrected chi connectivity index (χ4v) is 1.74. The molecule has 0 amide bonds. The van der Waals surface area contributed by atoms with Crippen LogP contribution in [-0.4, -0.2) is 19.8 Å². The highest BCUT2D eigenvalue weighted by Crippen LogP contribution is 2.21. The lowest BCUT2D eigenvalue weighted by molar-refractivity contribution is -0.385. The second kappa shape index (κ2) is 5.90. The first-order valence-corrected chi connectivity index (χ1v) is 5.92. The van der Waals surface area contributed by atoms with Crippen LogP contribution in [0.1, 0.15) is 11.1 Å². The smallest absolute Gasteiger partial charge is 0.305 e. The van der Waals surface area contributed by atoms with Crippen molar-refractivity contribution in [3.8, 4) is 0 Å². The number of hydrogen-bond acceptors (Lipinski definition) is 7. The van der Waals surface area contributed by atoms with Crippen molar-refractivity contribution >= 4 is 17.3 Å². The minimum absolute atomic E-state index is 0.0407. The summed E-state index contributed by atoms with van der Waals surface area (Å²) in [4.78, 5) is 27.9. The molecule has 21 heavy (non-hydrogen) atoms. The Labute approximate surface area is 119 Å². The molecule has 0 fully saturated rings. The van der Waals surface area contributed by atoms with E-state index in [4.69, 9.17) is 0 Å². The summed E-state index contributed by atoms with van der Waals surface area (Å²) in [7, 11) is 0. The summed E-state index contributed by atoms with van der Waals surface area (Å²) in [5.41, 5.74) is 1.12. The average Bonchev–Trinajstić information content (AvgIpc) is 2.46. The number of aromatic nitrogens is 2. The Morgan fingerprint density at radius 1 is 1.14 bits per heavy atom. The van der Waals surface area contributed by atoms with Gasteiger partial charge in [-0.1, -0.05) is 12.1 Å². The van der Waals surface area contributed by atoms with Gasteiger partial charge in [0.25, 0.3) is 5.69 Å². The van der Waals surface area contributed by atoms with Crippen molar-refractivity contribution in [1.82, 2.24) is 9.97 Å². The Bertz CT molecular complexity index is 687. The first-order valence-electron chi connectivity index (χ1n) is 5.92. The van der Waals surface area contributed by atoms with Gasteiger partial charge in [0.05, 0.1) is 9.85 Å². The Hall–Kier alpha value is -3.10. The first-order chi connectivity index (χ1) is 9.99. The third-order valence-corrected chi connectivity index (χ3v) is 2.90. The molecule has 1 aromatic heterocycles. The number of anilines is 1. The molecule has 0 saturated heterocycles. The third kappa shape index (κ3) is 3.26. The molecule has 0 bridgehead atoms. The van der Waals surface area contributed by atoms with E-state index < -0.39 is 9.85 Å². The number of nitro benzene ring substituents is 1. The maximum atomic E-state index is 10.8. The minimum Gasteiger partial charge on any atom is -0.350 e. The second-order valence-corrected chi connectivity index (χ2v) is 4.19. The molecule has 2 aromatic rings. The molecule has 0 aliphatic heterocycles. The van der Waals surface area contributed by atoms with Crippen molar-refractivity contribution in [3.05, 3.63) is 61.9 Å². The SMILES string of the molecule is Cc1c(CNc2ncc([N+](=O)[O-])cn2)cccc1[N+](=O)[O-]. The highest BCUT2D eigenvalue weighted by Gasteiger charge is 2.13. The van der Waals surface area contributed by atoms with Crippen molar-refractivity contribution < 1.29 is 9.85 Å². The van der Waals surface area contributed by atoms with E-state index in [1.54, 1.807) is 19.1 Å². The van der Waals surface area contributed by atoms with Crippen LogP contribution in [0.5, 0.6) is 0 Å². The van der Waals surface area contributed by atoms with Gasteiger partial charge in [0.1, 0.15) is 12.4 Å². The summed E-state index contributed by atoms with van der Waals surface area (Å²) in [6.07, 6.45) is 2.19. The number of benzene rings is 1. The maximum Gasteiger partial charge on any atom is 0.305 e. The van der Waals surface area contributed by atoms with Crippen molar-refractivity contribution in [2.75, 3.05) is 5.32 Å². The molecule has 0 aliphatic carbocycles. The number of rotatable bonds is 5. The van der Waals surface area contributed by atoms with Crippen LogP contribution in [0, 0.1) is 27.2 Å². The van der Waals surface area contributed by atoms with E-state index in [0.29, 0.717) is 5.56 Å². The molecule has 108 valence electrons.